The lowest BCUT2D eigenvalue weighted by atomic mass is 9.93. The maximum atomic E-state index is 11.1. The maximum Gasteiger partial charge on any atom is 0.310 e. The second-order valence-corrected chi connectivity index (χ2v) is 4.76. The molecule has 100 valence electrons. The summed E-state index contributed by atoms with van der Waals surface area (Å²) in [4.78, 5) is 11.1. The third-order valence-corrected chi connectivity index (χ3v) is 3.52. The normalized spacial score (nSPS) is 12.1. The van der Waals surface area contributed by atoms with Crippen LogP contribution in [0.4, 0.5) is 0 Å². The first-order chi connectivity index (χ1) is 8.47. The summed E-state index contributed by atoms with van der Waals surface area (Å²) in [5.41, 5.74) is 1.61. The molecule has 1 N–H and O–H groups in total. The van der Waals surface area contributed by atoms with Crippen LogP contribution in [0.5, 0.6) is 11.5 Å². The first-order valence-electron chi connectivity index (χ1n) is 5.63. The molecule has 18 heavy (non-hydrogen) atoms. The topological polar surface area (TPSA) is 55.8 Å². The molecule has 0 aliphatic rings. The van der Waals surface area contributed by atoms with E-state index in [2.05, 4.69) is 15.9 Å². The van der Waals surface area contributed by atoms with Crippen molar-refractivity contribution in [1.29, 1.82) is 0 Å². The first-order valence-corrected chi connectivity index (χ1v) is 6.43. The summed E-state index contributed by atoms with van der Waals surface area (Å²) in [6, 6.07) is 1.79. The van der Waals surface area contributed by atoms with Crippen molar-refractivity contribution < 1.29 is 19.4 Å². The Balaban J connectivity index is 3.53. The van der Waals surface area contributed by atoms with E-state index in [1.807, 2.05) is 6.92 Å². The standard InChI is InChI=1S/C13H17BrO4/c1-5-8-9(7(2)13(15)16)6-10(14)12(18-4)11(8)17-3/h6-7H,5H2,1-4H3,(H,15,16). The number of carboxylic acids is 1. The van der Waals surface area contributed by atoms with E-state index in [0.717, 1.165) is 11.1 Å². The molecule has 0 aliphatic carbocycles. The van der Waals surface area contributed by atoms with E-state index in [1.165, 1.54) is 0 Å². The molecular formula is C13H17BrO4. The molecular weight excluding hydrogens is 300 g/mol. The van der Waals surface area contributed by atoms with Crippen LogP contribution < -0.4 is 9.47 Å². The number of benzene rings is 1. The molecule has 1 unspecified atom stereocenters. The predicted octanol–water partition coefficient (Wildman–Crippen LogP) is 3.22. The lowest BCUT2D eigenvalue weighted by molar-refractivity contribution is -0.138. The van der Waals surface area contributed by atoms with E-state index in [0.29, 0.717) is 22.4 Å². The number of carboxylic acid groups (broad SMARTS) is 1. The molecule has 0 aliphatic heterocycles. The summed E-state index contributed by atoms with van der Waals surface area (Å²) in [5.74, 6) is -0.256. The molecule has 0 saturated heterocycles. The molecule has 4 nitrogen and oxygen atoms in total. The van der Waals surface area contributed by atoms with Gasteiger partial charge in [-0.05, 0) is 40.9 Å². The smallest absolute Gasteiger partial charge is 0.310 e. The molecule has 1 atom stereocenters. The van der Waals surface area contributed by atoms with Gasteiger partial charge in [0.05, 0.1) is 24.6 Å². The van der Waals surface area contributed by atoms with Crippen LogP contribution in [0.3, 0.4) is 0 Å². The zero-order valence-electron chi connectivity index (χ0n) is 10.9. The van der Waals surface area contributed by atoms with Crippen molar-refractivity contribution in [3.05, 3.63) is 21.7 Å². The quantitative estimate of drug-likeness (QED) is 0.906. The highest BCUT2D eigenvalue weighted by Gasteiger charge is 2.23. The molecule has 0 bridgehead atoms. The minimum absolute atomic E-state index is 0.587. The van der Waals surface area contributed by atoms with E-state index in [1.54, 1.807) is 27.2 Å². The molecule has 0 aromatic heterocycles. The van der Waals surface area contributed by atoms with Gasteiger partial charge in [0.1, 0.15) is 0 Å². The second-order valence-electron chi connectivity index (χ2n) is 3.91. The fraction of sp³-hybridized carbons (Fsp3) is 0.462. The molecule has 0 saturated carbocycles. The molecule has 0 fully saturated rings. The van der Waals surface area contributed by atoms with E-state index in [4.69, 9.17) is 14.6 Å². The Morgan fingerprint density at radius 1 is 1.39 bits per heavy atom. The lowest BCUT2D eigenvalue weighted by Gasteiger charge is -2.19. The fourth-order valence-electron chi connectivity index (χ4n) is 1.96. The summed E-state index contributed by atoms with van der Waals surface area (Å²) in [5, 5.41) is 9.15. The van der Waals surface area contributed by atoms with Gasteiger partial charge in [0.15, 0.2) is 11.5 Å². The highest BCUT2D eigenvalue weighted by atomic mass is 79.9. The number of hydrogen-bond donors (Lipinski definition) is 1. The Bertz CT molecular complexity index is 457. The molecule has 0 heterocycles. The SMILES string of the molecule is CCc1c(C(C)C(=O)O)cc(Br)c(OC)c1OC. The summed E-state index contributed by atoms with van der Waals surface area (Å²) in [6.07, 6.45) is 0.680. The van der Waals surface area contributed by atoms with Gasteiger partial charge in [0.2, 0.25) is 0 Å². The summed E-state index contributed by atoms with van der Waals surface area (Å²) >= 11 is 3.38. The largest absolute Gasteiger partial charge is 0.493 e. The van der Waals surface area contributed by atoms with Crippen LogP contribution in [0, 0.1) is 0 Å². The predicted molar refractivity (Wildman–Crippen MR) is 72.7 cm³/mol. The number of aliphatic carboxylic acids is 1. The zero-order chi connectivity index (χ0) is 13.9. The zero-order valence-corrected chi connectivity index (χ0v) is 12.5. The van der Waals surface area contributed by atoms with E-state index >= 15 is 0 Å². The van der Waals surface area contributed by atoms with Gasteiger partial charge in [-0.15, -0.1) is 0 Å². The highest BCUT2D eigenvalue weighted by Crippen LogP contribution is 2.42. The summed E-state index contributed by atoms with van der Waals surface area (Å²) < 4.78 is 11.3. The van der Waals surface area contributed by atoms with Crippen molar-refractivity contribution in [3.63, 3.8) is 0 Å². The van der Waals surface area contributed by atoms with Crippen molar-refractivity contribution in [2.45, 2.75) is 26.2 Å². The maximum absolute atomic E-state index is 11.1. The lowest BCUT2D eigenvalue weighted by Crippen LogP contribution is -2.11. The van der Waals surface area contributed by atoms with Gasteiger partial charge in [-0.3, -0.25) is 4.79 Å². The number of carbonyl (C=O) groups is 1. The summed E-state index contributed by atoms with van der Waals surface area (Å²) in [7, 11) is 3.11. The molecule has 0 radical (unpaired) electrons. The fourth-order valence-corrected chi connectivity index (χ4v) is 2.54. The average Bonchev–Trinajstić information content (AvgIpc) is 2.35. The van der Waals surface area contributed by atoms with Crippen LogP contribution >= 0.6 is 15.9 Å². The number of rotatable bonds is 5. The Hall–Kier alpha value is -1.23. The number of methoxy groups -OCH3 is 2. The van der Waals surface area contributed by atoms with Gasteiger partial charge in [-0.25, -0.2) is 0 Å². The third kappa shape index (κ3) is 2.61. The number of ether oxygens (including phenoxy) is 2. The van der Waals surface area contributed by atoms with Gasteiger partial charge < -0.3 is 14.6 Å². The van der Waals surface area contributed by atoms with Gasteiger partial charge in [0, 0.05) is 5.56 Å². The first kappa shape index (κ1) is 14.8. The van der Waals surface area contributed by atoms with Crippen LogP contribution in [0.2, 0.25) is 0 Å². The van der Waals surface area contributed by atoms with Gasteiger partial charge in [-0.2, -0.15) is 0 Å². The molecule has 1 aromatic rings. The van der Waals surface area contributed by atoms with Gasteiger partial charge >= 0.3 is 5.97 Å². The van der Waals surface area contributed by atoms with E-state index in [9.17, 15) is 4.79 Å². The highest BCUT2D eigenvalue weighted by molar-refractivity contribution is 9.10. The molecule has 5 heteroatoms. The average molecular weight is 317 g/mol. The van der Waals surface area contributed by atoms with Crippen molar-refractivity contribution in [1.82, 2.24) is 0 Å². The van der Waals surface area contributed by atoms with E-state index in [-0.39, 0.29) is 0 Å². The summed E-state index contributed by atoms with van der Waals surface area (Å²) in [6.45, 7) is 3.62. The Morgan fingerprint density at radius 2 is 1.94 bits per heavy atom. The number of hydrogen-bond acceptors (Lipinski definition) is 3. The van der Waals surface area contributed by atoms with Gasteiger partial charge in [-0.1, -0.05) is 6.92 Å². The van der Waals surface area contributed by atoms with Crippen molar-refractivity contribution in [2.75, 3.05) is 14.2 Å². The van der Waals surface area contributed by atoms with Crippen LogP contribution in [-0.4, -0.2) is 25.3 Å². The van der Waals surface area contributed by atoms with Crippen LogP contribution in [0.1, 0.15) is 30.9 Å². The number of halogens is 1. The molecule has 1 rings (SSSR count). The minimum atomic E-state index is -0.858. The van der Waals surface area contributed by atoms with Crippen LogP contribution in [-0.2, 0) is 11.2 Å². The van der Waals surface area contributed by atoms with Crippen molar-refractivity contribution in [2.24, 2.45) is 0 Å². The molecule has 0 amide bonds. The Kier molecular flexibility index (Phi) is 5.02. The molecule has 1 aromatic carbocycles. The van der Waals surface area contributed by atoms with E-state index < -0.39 is 11.9 Å². The van der Waals surface area contributed by atoms with Crippen LogP contribution in [0.25, 0.3) is 0 Å². The van der Waals surface area contributed by atoms with Crippen molar-refractivity contribution in [3.8, 4) is 11.5 Å². The second kappa shape index (κ2) is 6.09. The molecule has 0 spiro atoms. The Morgan fingerprint density at radius 3 is 2.33 bits per heavy atom. The Labute approximate surface area is 115 Å². The van der Waals surface area contributed by atoms with Crippen molar-refractivity contribution >= 4 is 21.9 Å². The van der Waals surface area contributed by atoms with Crippen LogP contribution in [0.15, 0.2) is 10.5 Å². The monoisotopic (exact) mass is 316 g/mol. The minimum Gasteiger partial charge on any atom is -0.493 e. The van der Waals surface area contributed by atoms with Gasteiger partial charge in [0.25, 0.3) is 0 Å². The third-order valence-electron chi connectivity index (χ3n) is 2.93.